The van der Waals surface area contributed by atoms with Crippen molar-refractivity contribution < 1.29 is 19.1 Å². The lowest BCUT2D eigenvalue weighted by Gasteiger charge is -2.36. The molecule has 4 nitrogen and oxygen atoms in total. The molecular formula is C20H20O4. The van der Waals surface area contributed by atoms with E-state index < -0.39 is 0 Å². The van der Waals surface area contributed by atoms with E-state index in [0.717, 1.165) is 42.8 Å². The van der Waals surface area contributed by atoms with Crippen LogP contribution in [0.1, 0.15) is 50.0 Å². The molecule has 1 heterocycles. The smallest absolute Gasteiger partial charge is 0.163 e. The van der Waals surface area contributed by atoms with E-state index in [9.17, 15) is 9.59 Å². The zero-order valence-corrected chi connectivity index (χ0v) is 13.8. The number of carbonyl (C=O) groups excluding carboxylic acids is 2. The van der Waals surface area contributed by atoms with E-state index in [4.69, 9.17) is 9.47 Å². The molecule has 1 aromatic rings. The van der Waals surface area contributed by atoms with Gasteiger partial charge >= 0.3 is 0 Å². The average Bonchev–Trinajstić information content (AvgIpc) is 2.60. The van der Waals surface area contributed by atoms with Crippen molar-refractivity contribution >= 4 is 11.6 Å². The van der Waals surface area contributed by atoms with Gasteiger partial charge in [0.2, 0.25) is 0 Å². The van der Waals surface area contributed by atoms with Gasteiger partial charge in [-0.15, -0.1) is 0 Å². The number of ketones is 2. The summed E-state index contributed by atoms with van der Waals surface area (Å²) in [5, 5.41) is 0. The highest BCUT2D eigenvalue weighted by Crippen LogP contribution is 2.49. The third-order valence-corrected chi connectivity index (χ3v) is 5.09. The molecule has 0 aromatic heterocycles. The Kier molecular flexibility index (Phi) is 3.75. The molecule has 0 spiro atoms. The predicted octanol–water partition coefficient (Wildman–Crippen LogP) is 3.82. The Bertz CT molecular complexity index is 743. The summed E-state index contributed by atoms with van der Waals surface area (Å²) in [6.45, 7) is 0. The number of carbonyl (C=O) groups is 2. The molecule has 4 heteroatoms. The Morgan fingerprint density at radius 2 is 1.50 bits per heavy atom. The molecule has 124 valence electrons. The van der Waals surface area contributed by atoms with Gasteiger partial charge in [-0.2, -0.15) is 0 Å². The minimum Gasteiger partial charge on any atom is -0.496 e. The van der Waals surface area contributed by atoms with Crippen LogP contribution in [0.15, 0.2) is 46.9 Å². The maximum atomic E-state index is 12.7. The van der Waals surface area contributed by atoms with Gasteiger partial charge in [-0.1, -0.05) is 18.2 Å². The lowest BCUT2D eigenvalue weighted by atomic mass is 9.73. The molecule has 24 heavy (non-hydrogen) atoms. The largest absolute Gasteiger partial charge is 0.496 e. The monoisotopic (exact) mass is 324 g/mol. The predicted molar refractivity (Wildman–Crippen MR) is 88.6 cm³/mol. The van der Waals surface area contributed by atoms with Crippen molar-refractivity contribution in [3.8, 4) is 5.75 Å². The van der Waals surface area contributed by atoms with Gasteiger partial charge < -0.3 is 9.47 Å². The molecule has 0 saturated carbocycles. The Morgan fingerprint density at radius 3 is 2.08 bits per heavy atom. The third-order valence-electron chi connectivity index (χ3n) is 5.09. The molecule has 0 atom stereocenters. The number of allylic oxidation sites excluding steroid dienone is 4. The van der Waals surface area contributed by atoms with Crippen LogP contribution in [0.5, 0.6) is 5.75 Å². The quantitative estimate of drug-likeness (QED) is 0.830. The van der Waals surface area contributed by atoms with Gasteiger partial charge in [-0.05, 0) is 18.9 Å². The van der Waals surface area contributed by atoms with Crippen molar-refractivity contribution in [3.05, 3.63) is 52.5 Å². The van der Waals surface area contributed by atoms with Gasteiger partial charge in [0.15, 0.2) is 11.6 Å². The summed E-state index contributed by atoms with van der Waals surface area (Å²) < 4.78 is 11.6. The normalized spacial score (nSPS) is 21.4. The van der Waals surface area contributed by atoms with Gasteiger partial charge in [0, 0.05) is 42.4 Å². The van der Waals surface area contributed by atoms with E-state index in [1.165, 1.54) is 0 Å². The van der Waals surface area contributed by atoms with Crippen LogP contribution in [0.3, 0.4) is 0 Å². The van der Waals surface area contributed by atoms with Gasteiger partial charge in [-0.25, -0.2) is 0 Å². The van der Waals surface area contributed by atoms with Crippen LogP contribution in [0.25, 0.3) is 0 Å². The summed E-state index contributed by atoms with van der Waals surface area (Å²) in [5.41, 5.74) is 2.22. The Balaban J connectivity index is 1.94. The highest BCUT2D eigenvalue weighted by Gasteiger charge is 2.42. The Labute approximate surface area is 141 Å². The second-order valence-corrected chi connectivity index (χ2v) is 6.50. The first-order valence-electron chi connectivity index (χ1n) is 8.54. The molecule has 0 radical (unpaired) electrons. The van der Waals surface area contributed by atoms with E-state index in [0.29, 0.717) is 29.7 Å². The number of hydrogen-bond acceptors (Lipinski definition) is 4. The molecule has 3 aliphatic rings. The Hall–Kier alpha value is -2.36. The number of rotatable bonds is 2. The molecule has 1 aliphatic heterocycles. The molecule has 1 aromatic carbocycles. The van der Waals surface area contributed by atoms with Gasteiger partial charge in [0.25, 0.3) is 0 Å². The van der Waals surface area contributed by atoms with E-state index in [2.05, 4.69) is 0 Å². The van der Waals surface area contributed by atoms with Crippen molar-refractivity contribution in [2.24, 2.45) is 0 Å². The van der Waals surface area contributed by atoms with Gasteiger partial charge in [0.1, 0.15) is 17.3 Å². The lowest BCUT2D eigenvalue weighted by molar-refractivity contribution is -0.117. The summed E-state index contributed by atoms with van der Waals surface area (Å²) in [5.74, 6) is 2.07. The Morgan fingerprint density at radius 1 is 0.917 bits per heavy atom. The number of Topliss-reactive ketones (excluding diaryl/α,β-unsaturated/α-hetero) is 2. The molecule has 0 N–H and O–H groups in total. The van der Waals surface area contributed by atoms with Crippen molar-refractivity contribution in [2.45, 2.75) is 44.4 Å². The molecule has 2 aliphatic carbocycles. The van der Waals surface area contributed by atoms with Crippen molar-refractivity contribution in [2.75, 3.05) is 7.11 Å². The number of benzene rings is 1. The highest BCUT2D eigenvalue weighted by molar-refractivity contribution is 6.05. The molecule has 0 saturated heterocycles. The van der Waals surface area contributed by atoms with Crippen LogP contribution in [0.4, 0.5) is 0 Å². The first kappa shape index (κ1) is 15.2. The van der Waals surface area contributed by atoms with Crippen LogP contribution in [0.2, 0.25) is 0 Å². The zero-order valence-electron chi connectivity index (χ0n) is 13.8. The first-order valence-corrected chi connectivity index (χ1v) is 8.54. The van der Waals surface area contributed by atoms with E-state index in [-0.39, 0.29) is 17.5 Å². The summed E-state index contributed by atoms with van der Waals surface area (Å²) in [4.78, 5) is 25.4. The first-order chi connectivity index (χ1) is 11.7. The zero-order chi connectivity index (χ0) is 16.7. The fourth-order valence-corrected chi connectivity index (χ4v) is 4.03. The minimum absolute atomic E-state index is 0.0945. The summed E-state index contributed by atoms with van der Waals surface area (Å²) >= 11 is 0. The van der Waals surface area contributed by atoms with Gasteiger partial charge in [-0.3, -0.25) is 9.59 Å². The molecule has 0 amide bonds. The maximum absolute atomic E-state index is 12.7. The molecular weight excluding hydrogens is 304 g/mol. The maximum Gasteiger partial charge on any atom is 0.163 e. The molecule has 0 bridgehead atoms. The SMILES string of the molecule is COc1ccccc1C1C2=C(CCCC2=O)OC2=C1C(=O)CCC2. The molecule has 0 unspecified atom stereocenters. The van der Waals surface area contributed by atoms with E-state index >= 15 is 0 Å². The van der Waals surface area contributed by atoms with Gasteiger partial charge in [0.05, 0.1) is 13.0 Å². The summed E-state index contributed by atoms with van der Waals surface area (Å²) in [6.07, 6.45) is 4.18. The summed E-state index contributed by atoms with van der Waals surface area (Å²) in [7, 11) is 1.62. The highest BCUT2D eigenvalue weighted by atomic mass is 16.5. The topological polar surface area (TPSA) is 52.6 Å². The molecule has 4 rings (SSSR count). The number of para-hydroxylation sites is 1. The second-order valence-electron chi connectivity index (χ2n) is 6.50. The van der Waals surface area contributed by atoms with E-state index in [1.54, 1.807) is 7.11 Å². The van der Waals surface area contributed by atoms with Crippen LogP contribution in [-0.4, -0.2) is 18.7 Å². The fraction of sp³-hybridized carbons (Fsp3) is 0.400. The number of ether oxygens (including phenoxy) is 2. The van der Waals surface area contributed by atoms with Crippen molar-refractivity contribution in [3.63, 3.8) is 0 Å². The average molecular weight is 324 g/mol. The van der Waals surface area contributed by atoms with Crippen molar-refractivity contribution in [1.82, 2.24) is 0 Å². The summed E-state index contributed by atoms with van der Waals surface area (Å²) in [6, 6.07) is 7.66. The lowest BCUT2D eigenvalue weighted by Crippen LogP contribution is -2.30. The minimum atomic E-state index is -0.347. The second kappa shape index (κ2) is 5.93. The van der Waals surface area contributed by atoms with E-state index in [1.807, 2.05) is 24.3 Å². The fourth-order valence-electron chi connectivity index (χ4n) is 4.03. The van der Waals surface area contributed by atoms with Crippen LogP contribution in [-0.2, 0) is 14.3 Å². The standard InChI is InChI=1S/C20H20O4/c1-23-15-9-3-2-6-12(15)18-19-13(21)7-4-10-16(19)24-17-11-5-8-14(22)20(17)18/h2-3,6,9,18H,4-5,7-8,10-11H2,1H3. The van der Waals surface area contributed by atoms with Crippen LogP contribution >= 0.6 is 0 Å². The van der Waals surface area contributed by atoms with Crippen LogP contribution in [0, 0.1) is 0 Å². The number of methoxy groups -OCH3 is 1. The van der Waals surface area contributed by atoms with Crippen molar-refractivity contribution in [1.29, 1.82) is 0 Å². The van der Waals surface area contributed by atoms with Crippen LogP contribution < -0.4 is 4.74 Å². The number of hydrogen-bond donors (Lipinski definition) is 0. The molecule has 0 fully saturated rings. The third kappa shape index (κ3) is 2.29.